The highest BCUT2D eigenvalue weighted by molar-refractivity contribution is 7.89. The van der Waals surface area contributed by atoms with Gasteiger partial charge in [0.2, 0.25) is 16.0 Å². The maximum atomic E-state index is 12.2. The predicted molar refractivity (Wildman–Crippen MR) is 63.6 cm³/mol. The first-order chi connectivity index (χ1) is 7.93. The third-order valence-corrected chi connectivity index (χ3v) is 5.10. The monoisotopic (exact) mass is 256 g/mol. The summed E-state index contributed by atoms with van der Waals surface area (Å²) in [4.78, 5) is 7.50. The van der Waals surface area contributed by atoms with Gasteiger partial charge in [0.05, 0.1) is 12.4 Å². The summed E-state index contributed by atoms with van der Waals surface area (Å²) in [6, 6.07) is 0.0116. The van der Waals surface area contributed by atoms with Crippen LogP contribution in [0.15, 0.2) is 17.3 Å². The predicted octanol–water partition coefficient (Wildman–Crippen LogP) is 0.478. The second-order valence-electron chi connectivity index (χ2n) is 4.38. The molecule has 0 aromatic carbocycles. The molecule has 94 valence electrons. The van der Waals surface area contributed by atoms with Crippen LogP contribution < -0.4 is 5.73 Å². The fourth-order valence-electron chi connectivity index (χ4n) is 1.72. The molecule has 1 aliphatic carbocycles. The van der Waals surface area contributed by atoms with Gasteiger partial charge in [-0.1, -0.05) is 0 Å². The molecule has 17 heavy (non-hydrogen) atoms. The Morgan fingerprint density at radius 2 is 1.94 bits per heavy atom. The van der Waals surface area contributed by atoms with Crippen molar-refractivity contribution in [2.75, 3.05) is 12.8 Å². The highest BCUT2D eigenvalue weighted by atomic mass is 32.2. The molecule has 0 radical (unpaired) electrons. The lowest BCUT2D eigenvalue weighted by atomic mass is 10.2. The summed E-state index contributed by atoms with van der Waals surface area (Å²) >= 11 is 0. The van der Waals surface area contributed by atoms with Crippen LogP contribution in [0.25, 0.3) is 0 Å². The van der Waals surface area contributed by atoms with Crippen molar-refractivity contribution in [2.45, 2.75) is 30.7 Å². The molecule has 0 bridgehead atoms. The van der Waals surface area contributed by atoms with Crippen LogP contribution in [0, 0.1) is 5.92 Å². The first kappa shape index (κ1) is 12.3. The van der Waals surface area contributed by atoms with E-state index in [1.54, 1.807) is 7.05 Å². The van der Waals surface area contributed by atoms with Crippen molar-refractivity contribution in [1.29, 1.82) is 0 Å². The van der Waals surface area contributed by atoms with Crippen LogP contribution in [-0.4, -0.2) is 35.8 Å². The van der Waals surface area contributed by atoms with E-state index in [1.807, 2.05) is 6.92 Å². The van der Waals surface area contributed by atoms with Crippen molar-refractivity contribution >= 4 is 16.0 Å². The van der Waals surface area contributed by atoms with Crippen LogP contribution in [-0.2, 0) is 10.0 Å². The topological polar surface area (TPSA) is 89.2 Å². The van der Waals surface area contributed by atoms with E-state index in [-0.39, 0.29) is 16.9 Å². The van der Waals surface area contributed by atoms with Crippen LogP contribution in [0.5, 0.6) is 0 Å². The summed E-state index contributed by atoms with van der Waals surface area (Å²) in [5.74, 6) is 0.548. The molecule has 0 spiro atoms. The van der Waals surface area contributed by atoms with Gasteiger partial charge < -0.3 is 5.73 Å². The van der Waals surface area contributed by atoms with E-state index in [1.165, 1.54) is 16.7 Å². The van der Waals surface area contributed by atoms with Gasteiger partial charge in [0.1, 0.15) is 4.90 Å². The lowest BCUT2D eigenvalue weighted by Crippen LogP contribution is -2.36. The van der Waals surface area contributed by atoms with E-state index in [4.69, 9.17) is 5.73 Å². The smallest absolute Gasteiger partial charge is 0.246 e. The molecule has 0 aliphatic heterocycles. The molecule has 0 amide bonds. The van der Waals surface area contributed by atoms with Crippen molar-refractivity contribution < 1.29 is 8.42 Å². The quantitative estimate of drug-likeness (QED) is 0.846. The summed E-state index contributed by atoms with van der Waals surface area (Å²) in [6.45, 7) is 1.92. The highest BCUT2D eigenvalue weighted by Crippen LogP contribution is 2.36. The maximum absolute atomic E-state index is 12.2. The Bertz CT molecular complexity index is 496. The third-order valence-electron chi connectivity index (χ3n) is 3.20. The number of nitrogens with two attached hydrogens (primary N) is 1. The van der Waals surface area contributed by atoms with E-state index in [9.17, 15) is 8.42 Å². The normalized spacial score (nSPS) is 18.3. The van der Waals surface area contributed by atoms with Gasteiger partial charge in [0.25, 0.3) is 0 Å². The SMILES string of the molecule is CC(C1CC1)N(C)S(=O)(=O)c1cnc(N)nc1. The summed E-state index contributed by atoms with van der Waals surface area (Å²) in [5.41, 5.74) is 5.33. The number of nitrogen functional groups attached to an aromatic ring is 1. The van der Waals surface area contributed by atoms with Gasteiger partial charge >= 0.3 is 0 Å². The minimum atomic E-state index is -3.51. The fraction of sp³-hybridized carbons (Fsp3) is 0.600. The Morgan fingerprint density at radius 1 is 1.41 bits per heavy atom. The first-order valence-corrected chi connectivity index (χ1v) is 6.92. The molecular weight excluding hydrogens is 240 g/mol. The highest BCUT2D eigenvalue weighted by Gasteiger charge is 2.36. The summed E-state index contributed by atoms with van der Waals surface area (Å²) in [7, 11) is -1.92. The summed E-state index contributed by atoms with van der Waals surface area (Å²) < 4.78 is 25.8. The van der Waals surface area contributed by atoms with Gasteiger partial charge in [0.15, 0.2) is 0 Å². The molecule has 1 aromatic heterocycles. The standard InChI is InChI=1S/C10H16N4O2S/c1-7(8-3-4-8)14(2)17(15,16)9-5-12-10(11)13-6-9/h5-8H,3-4H2,1-2H3,(H2,11,12,13). The molecule has 2 rings (SSSR count). The number of aromatic nitrogens is 2. The van der Waals surface area contributed by atoms with Gasteiger partial charge in [-0.15, -0.1) is 0 Å². The van der Waals surface area contributed by atoms with Gasteiger partial charge in [-0.2, -0.15) is 4.31 Å². The van der Waals surface area contributed by atoms with Gasteiger partial charge in [-0.25, -0.2) is 18.4 Å². The number of hydrogen-bond donors (Lipinski definition) is 1. The second kappa shape index (κ2) is 4.23. The summed E-state index contributed by atoms with van der Waals surface area (Å²) in [5, 5.41) is 0. The first-order valence-electron chi connectivity index (χ1n) is 5.48. The van der Waals surface area contributed by atoms with Gasteiger partial charge in [-0.3, -0.25) is 0 Å². The van der Waals surface area contributed by atoms with Crippen LogP contribution >= 0.6 is 0 Å². The summed E-state index contributed by atoms with van der Waals surface area (Å²) in [6.07, 6.45) is 4.68. The van der Waals surface area contributed by atoms with Crippen molar-refractivity contribution in [3.05, 3.63) is 12.4 Å². The Labute approximate surface area is 101 Å². The van der Waals surface area contributed by atoms with Gasteiger partial charge in [-0.05, 0) is 25.7 Å². The van der Waals surface area contributed by atoms with Crippen molar-refractivity contribution in [2.24, 2.45) is 5.92 Å². The Kier molecular flexibility index (Phi) is 3.05. The Morgan fingerprint density at radius 3 is 2.41 bits per heavy atom. The van der Waals surface area contributed by atoms with E-state index in [2.05, 4.69) is 9.97 Å². The average Bonchev–Trinajstić information content (AvgIpc) is 3.11. The molecule has 1 unspecified atom stereocenters. The average molecular weight is 256 g/mol. The van der Waals surface area contributed by atoms with Crippen LogP contribution in [0.1, 0.15) is 19.8 Å². The number of anilines is 1. The van der Waals surface area contributed by atoms with Crippen LogP contribution in [0.2, 0.25) is 0 Å². The van der Waals surface area contributed by atoms with Crippen molar-refractivity contribution in [3.8, 4) is 0 Å². The largest absolute Gasteiger partial charge is 0.368 e. The lowest BCUT2D eigenvalue weighted by Gasteiger charge is -2.23. The minimum Gasteiger partial charge on any atom is -0.368 e. The molecule has 1 heterocycles. The fourth-order valence-corrected chi connectivity index (χ4v) is 3.03. The van der Waals surface area contributed by atoms with Crippen LogP contribution in [0.4, 0.5) is 5.95 Å². The van der Waals surface area contributed by atoms with Crippen molar-refractivity contribution in [1.82, 2.24) is 14.3 Å². The molecular formula is C10H16N4O2S. The molecule has 1 aliphatic rings. The number of hydrogen-bond acceptors (Lipinski definition) is 5. The second-order valence-corrected chi connectivity index (χ2v) is 6.37. The Hall–Kier alpha value is -1.21. The van der Waals surface area contributed by atoms with Crippen LogP contribution in [0.3, 0.4) is 0 Å². The van der Waals surface area contributed by atoms with E-state index in [0.717, 1.165) is 12.8 Å². The minimum absolute atomic E-state index is 0.0116. The van der Waals surface area contributed by atoms with Gasteiger partial charge in [0, 0.05) is 13.1 Å². The third kappa shape index (κ3) is 2.39. The zero-order chi connectivity index (χ0) is 12.6. The number of rotatable bonds is 4. The molecule has 1 atom stereocenters. The maximum Gasteiger partial charge on any atom is 0.246 e. The number of sulfonamides is 1. The molecule has 7 heteroatoms. The molecule has 1 saturated carbocycles. The van der Waals surface area contributed by atoms with E-state index < -0.39 is 10.0 Å². The molecule has 0 saturated heterocycles. The molecule has 6 nitrogen and oxygen atoms in total. The zero-order valence-electron chi connectivity index (χ0n) is 9.87. The van der Waals surface area contributed by atoms with E-state index >= 15 is 0 Å². The molecule has 1 aromatic rings. The number of nitrogens with zero attached hydrogens (tertiary/aromatic N) is 3. The Balaban J connectivity index is 2.25. The zero-order valence-corrected chi connectivity index (χ0v) is 10.7. The molecule has 1 fully saturated rings. The van der Waals surface area contributed by atoms with E-state index in [0.29, 0.717) is 5.92 Å². The van der Waals surface area contributed by atoms with Crippen molar-refractivity contribution in [3.63, 3.8) is 0 Å². The lowest BCUT2D eigenvalue weighted by molar-refractivity contribution is 0.357. The molecule has 2 N–H and O–H groups in total.